The zero-order valence-corrected chi connectivity index (χ0v) is 10.2. The van der Waals surface area contributed by atoms with E-state index < -0.39 is 41.6 Å². The molecule has 0 heterocycles. The van der Waals surface area contributed by atoms with E-state index >= 15 is 0 Å². The predicted molar refractivity (Wildman–Crippen MR) is 46.5 cm³/mol. The third kappa shape index (κ3) is 2.97. The van der Waals surface area contributed by atoms with Crippen LogP contribution < -0.4 is 0 Å². The Morgan fingerprint density at radius 1 is 0.773 bits per heavy atom. The first-order valence-electron chi connectivity index (χ1n) is 4.79. The van der Waals surface area contributed by atoms with Crippen molar-refractivity contribution in [2.24, 2.45) is 5.41 Å². The molecule has 0 saturated heterocycles. The Bertz CT molecular complexity index is 418. The normalized spacial score (nSPS) is 14.7. The summed E-state index contributed by atoms with van der Waals surface area (Å²) in [6, 6.07) is 0. The molecule has 0 radical (unpaired) electrons. The van der Waals surface area contributed by atoms with Gasteiger partial charge in [-0.1, -0.05) is 6.58 Å². The van der Waals surface area contributed by atoms with Crippen molar-refractivity contribution in [3.8, 4) is 0 Å². The van der Waals surface area contributed by atoms with Gasteiger partial charge < -0.3 is 4.74 Å². The van der Waals surface area contributed by atoms with Crippen molar-refractivity contribution in [2.45, 2.75) is 31.6 Å². The van der Waals surface area contributed by atoms with Crippen molar-refractivity contribution in [3.05, 3.63) is 12.2 Å². The minimum absolute atomic E-state index is 0.523. The monoisotopic (exact) mass is 354 g/mol. The molecule has 0 aliphatic carbocycles. The number of halogens is 11. The number of hydrogen-bond donors (Lipinski definition) is 0. The third-order valence-corrected chi connectivity index (χ3v) is 2.28. The standard InChI is InChI=1S/C9H5F11O2/c1-3(2)4(21)22-9(19,20)5(6(10,11)12,7(13,14)15)8(16,17)18/h1H2,2H3. The Kier molecular flexibility index (Phi) is 4.89. The molecule has 2 nitrogen and oxygen atoms in total. The molecule has 0 saturated carbocycles. The summed E-state index contributed by atoms with van der Waals surface area (Å²) in [5.41, 5.74) is -8.73. The largest absolute Gasteiger partial charge is 0.433 e. The van der Waals surface area contributed by atoms with Gasteiger partial charge in [0.15, 0.2) is 0 Å². The number of ether oxygens (including phenoxy) is 1. The molecular formula is C9H5F11O2. The van der Waals surface area contributed by atoms with Crippen molar-refractivity contribution in [2.75, 3.05) is 0 Å². The van der Waals surface area contributed by atoms with E-state index in [4.69, 9.17) is 0 Å². The summed E-state index contributed by atoms with van der Waals surface area (Å²) < 4.78 is 140. The molecule has 0 spiro atoms. The number of esters is 1. The van der Waals surface area contributed by atoms with Crippen molar-refractivity contribution < 1.29 is 57.8 Å². The Morgan fingerprint density at radius 3 is 1.23 bits per heavy atom. The van der Waals surface area contributed by atoms with Gasteiger partial charge in [0.25, 0.3) is 0 Å². The molecular weight excluding hydrogens is 349 g/mol. The van der Waals surface area contributed by atoms with Crippen LogP contribution in [0.5, 0.6) is 0 Å². The summed E-state index contributed by atoms with van der Waals surface area (Å²) in [6.07, 6.45) is -29.7. The average Bonchev–Trinajstić information content (AvgIpc) is 2.07. The molecule has 0 aliphatic rings. The molecule has 0 aromatic heterocycles. The second kappa shape index (κ2) is 5.26. The lowest BCUT2D eigenvalue weighted by Gasteiger charge is -2.41. The van der Waals surface area contributed by atoms with Gasteiger partial charge in [-0.15, -0.1) is 0 Å². The number of carbonyl (C=O) groups excluding carboxylic acids is 1. The van der Waals surface area contributed by atoms with Crippen molar-refractivity contribution >= 4 is 5.97 Å². The van der Waals surface area contributed by atoms with E-state index in [1.54, 1.807) is 0 Å². The van der Waals surface area contributed by atoms with Crippen LogP contribution in [0.3, 0.4) is 0 Å². The molecule has 0 aromatic carbocycles. The molecule has 0 unspecified atom stereocenters. The lowest BCUT2D eigenvalue weighted by atomic mass is 9.83. The topological polar surface area (TPSA) is 26.3 Å². The minimum atomic E-state index is -7.59. The van der Waals surface area contributed by atoms with Crippen molar-refractivity contribution in [1.29, 1.82) is 0 Å². The smallest absolute Gasteiger partial charge is 0.396 e. The molecule has 0 amide bonds. The summed E-state index contributed by atoms with van der Waals surface area (Å²) in [6.45, 7) is 3.08. The van der Waals surface area contributed by atoms with Gasteiger partial charge in [0, 0.05) is 5.57 Å². The summed E-state index contributed by atoms with van der Waals surface area (Å²) in [5.74, 6) is -2.56. The highest BCUT2D eigenvalue weighted by Crippen LogP contribution is 2.66. The van der Waals surface area contributed by atoms with Gasteiger partial charge in [-0.2, -0.15) is 48.3 Å². The second-order valence-electron chi connectivity index (χ2n) is 3.93. The molecule has 0 rings (SSSR count). The summed E-state index contributed by atoms with van der Waals surface area (Å²) >= 11 is 0. The summed E-state index contributed by atoms with van der Waals surface area (Å²) in [4.78, 5) is 10.7. The van der Waals surface area contributed by atoms with E-state index in [1.165, 1.54) is 0 Å². The molecule has 130 valence electrons. The van der Waals surface area contributed by atoms with E-state index in [0.717, 1.165) is 0 Å². The second-order valence-corrected chi connectivity index (χ2v) is 3.93. The third-order valence-electron chi connectivity index (χ3n) is 2.28. The number of carbonyl (C=O) groups is 1. The SMILES string of the molecule is C=C(C)C(=O)OC(F)(F)C(C(F)(F)F)(C(F)(F)F)C(F)(F)F. The van der Waals surface area contributed by atoms with Crippen molar-refractivity contribution in [1.82, 2.24) is 0 Å². The van der Waals surface area contributed by atoms with Crippen LogP contribution in [0.2, 0.25) is 0 Å². The van der Waals surface area contributed by atoms with Crippen LogP contribution >= 0.6 is 0 Å². The molecule has 0 aliphatic heterocycles. The molecule has 13 heteroatoms. The van der Waals surface area contributed by atoms with Crippen LogP contribution in [0.1, 0.15) is 6.92 Å². The van der Waals surface area contributed by atoms with Crippen molar-refractivity contribution in [3.63, 3.8) is 0 Å². The Hall–Kier alpha value is -1.56. The van der Waals surface area contributed by atoms with Crippen LogP contribution in [-0.4, -0.2) is 30.6 Å². The van der Waals surface area contributed by atoms with Crippen LogP contribution in [0.15, 0.2) is 12.2 Å². The average molecular weight is 354 g/mol. The van der Waals surface area contributed by atoms with E-state index in [-0.39, 0.29) is 0 Å². The molecule has 0 bridgehead atoms. The maximum absolute atomic E-state index is 13.2. The zero-order chi connectivity index (χ0) is 18.4. The predicted octanol–water partition coefficient (Wildman–Crippen LogP) is 4.37. The highest BCUT2D eigenvalue weighted by atomic mass is 19.4. The fraction of sp³-hybridized carbons (Fsp3) is 0.667. The minimum Gasteiger partial charge on any atom is -0.396 e. The first-order chi connectivity index (χ1) is 9.33. The molecule has 0 aromatic rings. The van der Waals surface area contributed by atoms with Gasteiger partial charge in [0.2, 0.25) is 0 Å². The summed E-state index contributed by atoms with van der Waals surface area (Å²) in [5, 5.41) is 0. The Balaban J connectivity index is 6.55. The number of hydrogen-bond acceptors (Lipinski definition) is 2. The molecule has 0 atom stereocenters. The van der Waals surface area contributed by atoms with Crippen LogP contribution in [0.4, 0.5) is 48.3 Å². The summed E-state index contributed by atoms with van der Waals surface area (Å²) in [7, 11) is 0. The number of alkyl halides is 11. The first kappa shape index (κ1) is 20.4. The lowest BCUT2D eigenvalue weighted by molar-refractivity contribution is -0.508. The van der Waals surface area contributed by atoms with Crippen LogP contribution in [0, 0.1) is 5.41 Å². The van der Waals surface area contributed by atoms with Gasteiger partial charge in [-0.3, -0.25) is 0 Å². The Morgan fingerprint density at radius 2 is 1.05 bits per heavy atom. The van der Waals surface area contributed by atoms with E-state index in [0.29, 0.717) is 6.92 Å². The quantitative estimate of drug-likeness (QED) is 0.427. The van der Waals surface area contributed by atoms with E-state index in [9.17, 15) is 53.1 Å². The van der Waals surface area contributed by atoms with Crippen LogP contribution in [-0.2, 0) is 9.53 Å². The molecule has 0 fully saturated rings. The van der Waals surface area contributed by atoms with Gasteiger partial charge >= 0.3 is 36.0 Å². The van der Waals surface area contributed by atoms with E-state index in [1.807, 2.05) is 0 Å². The highest BCUT2D eigenvalue weighted by Gasteiger charge is 2.95. The fourth-order valence-corrected chi connectivity index (χ4v) is 1.26. The molecule has 0 N–H and O–H groups in total. The highest BCUT2D eigenvalue weighted by molar-refractivity contribution is 5.87. The van der Waals surface area contributed by atoms with Gasteiger partial charge in [-0.05, 0) is 6.92 Å². The van der Waals surface area contributed by atoms with E-state index in [2.05, 4.69) is 11.3 Å². The lowest BCUT2D eigenvalue weighted by Crippen LogP contribution is -2.69. The van der Waals surface area contributed by atoms with Gasteiger partial charge in [-0.25, -0.2) is 4.79 Å². The van der Waals surface area contributed by atoms with Crippen LogP contribution in [0.25, 0.3) is 0 Å². The number of rotatable bonds is 3. The fourth-order valence-electron chi connectivity index (χ4n) is 1.26. The molecule has 22 heavy (non-hydrogen) atoms. The Labute approximate surface area is 114 Å². The zero-order valence-electron chi connectivity index (χ0n) is 10.2. The first-order valence-corrected chi connectivity index (χ1v) is 4.79. The van der Waals surface area contributed by atoms with Gasteiger partial charge in [0.1, 0.15) is 0 Å². The maximum atomic E-state index is 13.2. The maximum Gasteiger partial charge on any atom is 0.433 e. The van der Waals surface area contributed by atoms with Gasteiger partial charge in [0.05, 0.1) is 0 Å².